The van der Waals surface area contributed by atoms with Crippen molar-refractivity contribution < 1.29 is 0 Å². The van der Waals surface area contributed by atoms with Gasteiger partial charge in [-0.15, -0.1) is 0 Å². The third-order valence-corrected chi connectivity index (χ3v) is 4.43. The molecule has 0 bridgehead atoms. The van der Waals surface area contributed by atoms with Crippen molar-refractivity contribution in [2.45, 2.75) is 10.2 Å². The normalized spacial score (nSPS) is 10.6. The zero-order chi connectivity index (χ0) is 13.3. The van der Waals surface area contributed by atoms with Crippen LogP contribution in [0.25, 0.3) is 0 Å². The molecule has 0 radical (unpaired) electrons. The smallest absolute Gasteiger partial charge is 0.265 e. The maximum absolute atomic E-state index is 11.2. The number of aromatic amines is 1. The van der Waals surface area contributed by atoms with Crippen LogP contribution < -0.4 is 11.1 Å². The van der Waals surface area contributed by atoms with Crippen LogP contribution >= 0.6 is 39.3 Å². The molecular formula is C8H5BrClN5O2S. The van der Waals surface area contributed by atoms with Crippen LogP contribution in [0.4, 0.5) is 0 Å². The molecule has 0 aliphatic carbocycles. The molecule has 2 heterocycles. The summed E-state index contributed by atoms with van der Waals surface area (Å²) < 4.78 is 1.83. The lowest BCUT2D eigenvalue weighted by atomic mass is 10.7. The zero-order valence-electron chi connectivity index (χ0n) is 8.85. The Hall–Kier alpha value is -1.19. The van der Waals surface area contributed by atoms with Crippen molar-refractivity contribution in [1.29, 1.82) is 0 Å². The molecule has 0 atom stereocenters. The van der Waals surface area contributed by atoms with Crippen molar-refractivity contribution in [2.75, 3.05) is 0 Å². The summed E-state index contributed by atoms with van der Waals surface area (Å²) in [6, 6.07) is 0. The van der Waals surface area contributed by atoms with Gasteiger partial charge in [-0.05, 0) is 27.7 Å². The minimum absolute atomic E-state index is 0.252. The van der Waals surface area contributed by atoms with Crippen LogP contribution in [0.3, 0.4) is 0 Å². The summed E-state index contributed by atoms with van der Waals surface area (Å²) in [6.07, 6.45) is 1.29. The third-order valence-electron chi connectivity index (χ3n) is 1.85. The van der Waals surface area contributed by atoms with Crippen LogP contribution in [-0.4, -0.2) is 24.7 Å². The van der Waals surface area contributed by atoms with E-state index in [0.29, 0.717) is 9.50 Å². The van der Waals surface area contributed by atoms with E-state index in [9.17, 15) is 9.59 Å². The molecule has 0 aromatic carbocycles. The zero-order valence-corrected chi connectivity index (χ0v) is 12.0. The van der Waals surface area contributed by atoms with E-state index in [1.165, 1.54) is 11.0 Å². The molecular weight excluding hydrogens is 346 g/mol. The van der Waals surface area contributed by atoms with Gasteiger partial charge in [0, 0.05) is 7.05 Å². The summed E-state index contributed by atoms with van der Waals surface area (Å²) in [5.74, 6) is 0. The molecule has 0 aliphatic rings. The van der Waals surface area contributed by atoms with Crippen LogP contribution in [0, 0.1) is 0 Å². The molecule has 2 rings (SSSR count). The Morgan fingerprint density at radius 3 is 2.89 bits per heavy atom. The van der Waals surface area contributed by atoms with Gasteiger partial charge in [-0.3, -0.25) is 19.4 Å². The number of H-pyrrole nitrogens is 1. The van der Waals surface area contributed by atoms with Gasteiger partial charge >= 0.3 is 11.1 Å². The van der Waals surface area contributed by atoms with Crippen molar-refractivity contribution in [3.8, 4) is 0 Å². The fourth-order valence-electron chi connectivity index (χ4n) is 1.04. The number of aromatic nitrogens is 5. The second kappa shape index (κ2) is 5.21. The number of nitrogens with zero attached hydrogens (tertiary/aromatic N) is 4. The van der Waals surface area contributed by atoms with E-state index in [-0.39, 0.29) is 10.3 Å². The highest BCUT2D eigenvalue weighted by Crippen LogP contribution is 2.32. The van der Waals surface area contributed by atoms with Gasteiger partial charge in [0.25, 0.3) is 0 Å². The van der Waals surface area contributed by atoms with Gasteiger partial charge in [0.1, 0.15) is 16.5 Å². The highest BCUT2D eigenvalue weighted by atomic mass is 79.9. The predicted octanol–water partition coefficient (Wildman–Crippen LogP) is 0.826. The first kappa shape index (κ1) is 13.2. The molecule has 18 heavy (non-hydrogen) atoms. The van der Waals surface area contributed by atoms with Gasteiger partial charge in [0.15, 0.2) is 5.16 Å². The number of hydrogen-bond donors (Lipinski definition) is 1. The molecule has 1 N–H and O–H groups in total. The summed E-state index contributed by atoms with van der Waals surface area (Å²) in [5, 5.41) is 3.36. The van der Waals surface area contributed by atoms with E-state index < -0.39 is 11.1 Å². The highest BCUT2D eigenvalue weighted by Gasteiger charge is 2.12. The summed E-state index contributed by atoms with van der Waals surface area (Å²) in [6.45, 7) is 0. The lowest BCUT2D eigenvalue weighted by Gasteiger charge is -2.06. The van der Waals surface area contributed by atoms with Crippen molar-refractivity contribution in [3.05, 3.63) is 36.7 Å². The molecule has 10 heteroatoms. The molecule has 0 amide bonds. The molecule has 0 spiro atoms. The SMILES string of the molecule is Cn1[nH]c(=O)c(=O)nc1Sc1ncnc(Cl)c1Br. The number of rotatable bonds is 2. The Morgan fingerprint density at radius 1 is 1.44 bits per heavy atom. The lowest BCUT2D eigenvalue weighted by Crippen LogP contribution is -2.33. The van der Waals surface area contributed by atoms with Crippen LogP contribution in [0.5, 0.6) is 0 Å². The van der Waals surface area contributed by atoms with Crippen LogP contribution in [0.1, 0.15) is 0 Å². The Kier molecular flexibility index (Phi) is 3.83. The quantitative estimate of drug-likeness (QED) is 0.637. The first-order chi connectivity index (χ1) is 8.49. The molecule has 0 aliphatic heterocycles. The molecule has 2 aromatic rings. The second-order valence-corrected chi connectivity index (χ2v) is 5.19. The van der Waals surface area contributed by atoms with Crippen molar-refractivity contribution in [3.63, 3.8) is 0 Å². The Labute approximate surface area is 118 Å². The lowest BCUT2D eigenvalue weighted by molar-refractivity contribution is 0.596. The fraction of sp³-hybridized carbons (Fsp3) is 0.125. The van der Waals surface area contributed by atoms with Crippen molar-refractivity contribution >= 4 is 39.3 Å². The fourth-order valence-corrected chi connectivity index (χ4v) is 2.45. The van der Waals surface area contributed by atoms with E-state index in [1.54, 1.807) is 7.05 Å². The van der Waals surface area contributed by atoms with Crippen molar-refractivity contribution in [1.82, 2.24) is 24.7 Å². The number of hydrogen-bond acceptors (Lipinski definition) is 6. The molecule has 0 fully saturated rings. The van der Waals surface area contributed by atoms with Gasteiger partial charge in [0.05, 0.1) is 4.47 Å². The maximum Gasteiger partial charge on any atom is 0.339 e. The molecule has 7 nitrogen and oxygen atoms in total. The summed E-state index contributed by atoms with van der Waals surface area (Å²) in [7, 11) is 1.56. The molecule has 94 valence electrons. The average Bonchev–Trinajstić information content (AvgIpc) is 2.32. The molecule has 2 aromatic heterocycles. The first-order valence-electron chi connectivity index (χ1n) is 4.50. The van der Waals surface area contributed by atoms with E-state index in [0.717, 1.165) is 11.8 Å². The topological polar surface area (TPSA) is 93.5 Å². The van der Waals surface area contributed by atoms with Gasteiger partial charge in [-0.1, -0.05) is 11.6 Å². The maximum atomic E-state index is 11.2. The number of nitrogens with one attached hydrogen (secondary N) is 1. The summed E-state index contributed by atoms with van der Waals surface area (Å²) in [5.41, 5.74) is -1.63. The van der Waals surface area contributed by atoms with Crippen LogP contribution in [-0.2, 0) is 7.05 Å². The standard InChI is InChI=1S/C8H5BrClN5O2S/c1-15-8(13-5(16)6(17)14-15)18-7-3(9)4(10)11-2-12-7/h2H,1H3,(H,14,17). The van der Waals surface area contributed by atoms with E-state index in [2.05, 4.69) is 36.0 Å². The van der Waals surface area contributed by atoms with E-state index in [1.807, 2.05) is 0 Å². The molecule has 0 unspecified atom stereocenters. The largest absolute Gasteiger partial charge is 0.339 e. The van der Waals surface area contributed by atoms with E-state index >= 15 is 0 Å². The Morgan fingerprint density at radius 2 is 2.17 bits per heavy atom. The van der Waals surface area contributed by atoms with Gasteiger partial charge in [-0.2, -0.15) is 4.98 Å². The van der Waals surface area contributed by atoms with E-state index in [4.69, 9.17) is 11.6 Å². The molecule has 0 saturated carbocycles. The van der Waals surface area contributed by atoms with Gasteiger partial charge in [0.2, 0.25) is 0 Å². The summed E-state index contributed by atoms with van der Waals surface area (Å²) >= 11 is 10.1. The first-order valence-corrected chi connectivity index (χ1v) is 6.49. The van der Waals surface area contributed by atoms with Crippen molar-refractivity contribution in [2.24, 2.45) is 7.05 Å². The third kappa shape index (κ3) is 2.62. The van der Waals surface area contributed by atoms with Gasteiger partial charge < -0.3 is 0 Å². The average molecular weight is 351 g/mol. The number of aryl methyl sites for hydroxylation is 1. The van der Waals surface area contributed by atoms with Gasteiger partial charge in [-0.25, -0.2) is 9.97 Å². The Balaban J connectivity index is 2.46. The summed E-state index contributed by atoms with van der Waals surface area (Å²) in [4.78, 5) is 33.7. The van der Waals surface area contributed by atoms with Crippen LogP contribution in [0.2, 0.25) is 5.15 Å². The minimum atomic E-state index is -0.855. The monoisotopic (exact) mass is 349 g/mol. The predicted molar refractivity (Wildman–Crippen MR) is 69.0 cm³/mol. The Bertz CT molecular complexity index is 715. The second-order valence-electron chi connectivity index (χ2n) is 3.09. The molecule has 0 saturated heterocycles. The number of halogens is 2. The highest BCUT2D eigenvalue weighted by molar-refractivity contribution is 9.10. The minimum Gasteiger partial charge on any atom is -0.265 e. The van der Waals surface area contributed by atoms with Crippen LogP contribution in [0.15, 0.2) is 30.6 Å².